The van der Waals surface area contributed by atoms with Crippen molar-refractivity contribution in [1.29, 1.82) is 0 Å². The first kappa shape index (κ1) is 7.82. The van der Waals surface area contributed by atoms with Gasteiger partial charge in [-0.15, -0.1) is 6.42 Å². The molecule has 0 aliphatic heterocycles. The Labute approximate surface area is 77.8 Å². The molecule has 0 bridgehead atoms. The summed E-state index contributed by atoms with van der Waals surface area (Å²) < 4.78 is 0. The summed E-state index contributed by atoms with van der Waals surface area (Å²) in [6.07, 6.45) is 16.2. The van der Waals surface area contributed by atoms with E-state index in [-0.39, 0.29) is 0 Å². The van der Waals surface area contributed by atoms with Crippen molar-refractivity contribution in [3.05, 3.63) is 41.2 Å². The van der Waals surface area contributed by atoms with Gasteiger partial charge in [-0.2, -0.15) is 0 Å². The van der Waals surface area contributed by atoms with Crippen molar-refractivity contribution in [2.45, 2.75) is 6.42 Å². The van der Waals surface area contributed by atoms with Crippen molar-refractivity contribution in [3.63, 3.8) is 0 Å². The molecule has 0 atom stereocenters. The summed E-state index contributed by atoms with van der Waals surface area (Å²) >= 11 is 0. The second kappa shape index (κ2) is 3.28. The summed E-state index contributed by atoms with van der Waals surface area (Å²) in [5.74, 6) is 2.58. The lowest BCUT2D eigenvalue weighted by molar-refractivity contribution is 1.27. The summed E-state index contributed by atoms with van der Waals surface area (Å²) in [4.78, 5) is 4.27. The van der Waals surface area contributed by atoms with Crippen molar-refractivity contribution >= 4 is 12.2 Å². The van der Waals surface area contributed by atoms with Crippen LogP contribution in [0.25, 0.3) is 12.2 Å². The van der Waals surface area contributed by atoms with Crippen LogP contribution >= 0.6 is 0 Å². The molecule has 1 aromatic rings. The Kier molecular flexibility index (Phi) is 1.97. The van der Waals surface area contributed by atoms with E-state index in [1.165, 1.54) is 0 Å². The van der Waals surface area contributed by atoms with Crippen LogP contribution in [0.4, 0.5) is 0 Å². The van der Waals surface area contributed by atoms with Crippen LogP contribution < -0.4 is 0 Å². The average molecular weight is 167 g/mol. The molecule has 1 aliphatic carbocycles. The van der Waals surface area contributed by atoms with Gasteiger partial charge >= 0.3 is 0 Å². The number of nitrogens with zero attached hydrogens (tertiary/aromatic N) is 1. The number of allylic oxidation sites excluding steroid dienone is 2. The Morgan fingerprint density at radius 3 is 3.00 bits per heavy atom. The standard InChI is InChI=1S/C12H9N/c1-2-10-8-11-6-4-3-5-7-12(11)13-9-10/h1,4-9H,3H2. The maximum atomic E-state index is 5.29. The molecule has 2 rings (SSSR count). The normalized spacial score (nSPS) is 13.2. The Bertz CT molecular complexity index is 419. The molecule has 0 N–H and O–H groups in total. The van der Waals surface area contributed by atoms with E-state index >= 15 is 0 Å². The van der Waals surface area contributed by atoms with E-state index in [1.54, 1.807) is 6.20 Å². The third kappa shape index (κ3) is 1.52. The zero-order valence-corrected chi connectivity index (χ0v) is 7.20. The van der Waals surface area contributed by atoms with Crippen LogP contribution in [0.15, 0.2) is 24.4 Å². The van der Waals surface area contributed by atoms with Gasteiger partial charge in [-0.05, 0) is 18.6 Å². The van der Waals surface area contributed by atoms with E-state index in [0.29, 0.717) is 0 Å². The van der Waals surface area contributed by atoms with Gasteiger partial charge in [0.1, 0.15) is 0 Å². The predicted molar refractivity (Wildman–Crippen MR) is 54.9 cm³/mol. The summed E-state index contributed by atoms with van der Waals surface area (Å²) in [7, 11) is 0. The van der Waals surface area contributed by atoms with Gasteiger partial charge in [0.05, 0.1) is 5.69 Å². The topological polar surface area (TPSA) is 12.9 Å². The molecule has 1 heterocycles. The Hall–Kier alpha value is -1.81. The van der Waals surface area contributed by atoms with Crippen LogP contribution in [0.2, 0.25) is 0 Å². The summed E-state index contributed by atoms with van der Waals surface area (Å²) in [6.45, 7) is 0. The molecule has 13 heavy (non-hydrogen) atoms. The van der Waals surface area contributed by atoms with Crippen LogP contribution in [0.5, 0.6) is 0 Å². The molecule has 0 fully saturated rings. The van der Waals surface area contributed by atoms with Crippen LogP contribution in [0.1, 0.15) is 23.2 Å². The zero-order valence-electron chi connectivity index (χ0n) is 7.20. The first-order chi connectivity index (χ1) is 6.40. The molecular weight excluding hydrogens is 158 g/mol. The fourth-order valence-electron chi connectivity index (χ4n) is 1.30. The lowest BCUT2D eigenvalue weighted by Gasteiger charge is -1.99. The minimum atomic E-state index is 0.832. The first-order valence-corrected chi connectivity index (χ1v) is 4.20. The van der Waals surface area contributed by atoms with Gasteiger partial charge in [-0.3, -0.25) is 4.98 Å². The molecule has 0 unspecified atom stereocenters. The molecule has 0 radical (unpaired) electrons. The number of pyridine rings is 1. The third-order valence-corrected chi connectivity index (χ3v) is 1.96. The third-order valence-electron chi connectivity index (χ3n) is 1.96. The lowest BCUT2D eigenvalue weighted by Crippen LogP contribution is -1.87. The van der Waals surface area contributed by atoms with Crippen LogP contribution in [0.3, 0.4) is 0 Å². The van der Waals surface area contributed by atoms with Crippen LogP contribution in [-0.2, 0) is 0 Å². The number of aromatic nitrogens is 1. The highest BCUT2D eigenvalue weighted by Crippen LogP contribution is 2.15. The SMILES string of the molecule is C#Cc1cnc2c(c1)C=CCC=C2. The largest absolute Gasteiger partial charge is 0.255 e. The van der Waals surface area contributed by atoms with Gasteiger partial charge in [0, 0.05) is 17.3 Å². The molecule has 0 amide bonds. The molecule has 1 aliphatic rings. The molecule has 1 aromatic heterocycles. The summed E-state index contributed by atoms with van der Waals surface area (Å²) in [5.41, 5.74) is 2.93. The highest BCUT2D eigenvalue weighted by molar-refractivity contribution is 5.65. The van der Waals surface area contributed by atoms with Gasteiger partial charge in [0.15, 0.2) is 0 Å². The number of rotatable bonds is 0. The van der Waals surface area contributed by atoms with Crippen molar-refractivity contribution in [2.75, 3.05) is 0 Å². The molecule has 1 nitrogen and oxygen atoms in total. The number of hydrogen-bond donors (Lipinski definition) is 0. The van der Waals surface area contributed by atoms with Gasteiger partial charge in [-0.1, -0.05) is 24.1 Å². The van der Waals surface area contributed by atoms with E-state index in [0.717, 1.165) is 23.2 Å². The second-order valence-corrected chi connectivity index (χ2v) is 2.88. The van der Waals surface area contributed by atoms with Crippen molar-refractivity contribution < 1.29 is 0 Å². The molecule has 0 spiro atoms. The van der Waals surface area contributed by atoms with Crippen LogP contribution in [0, 0.1) is 12.3 Å². The molecular formula is C12H9N. The van der Waals surface area contributed by atoms with E-state index < -0.39 is 0 Å². The van der Waals surface area contributed by atoms with E-state index in [2.05, 4.69) is 29.1 Å². The Morgan fingerprint density at radius 2 is 2.15 bits per heavy atom. The quantitative estimate of drug-likeness (QED) is 0.541. The maximum Gasteiger partial charge on any atom is 0.0699 e. The number of terminal acetylenes is 1. The molecule has 0 saturated carbocycles. The highest BCUT2D eigenvalue weighted by atomic mass is 14.7. The molecule has 1 heteroatoms. The summed E-state index contributed by atoms with van der Waals surface area (Å²) in [6, 6.07) is 1.98. The highest BCUT2D eigenvalue weighted by Gasteiger charge is 2.00. The van der Waals surface area contributed by atoms with E-state index in [4.69, 9.17) is 6.42 Å². The Balaban J connectivity index is 2.58. The van der Waals surface area contributed by atoms with E-state index in [1.807, 2.05) is 12.1 Å². The monoisotopic (exact) mass is 167 g/mol. The smallest absolute Gasteiger partial charge is 0.0699 e. The van der Waals surface area contributed by atoms with E-state index in [9.17, 15) is 0 Å². The van der Waals surface area contributed by atoms with Gasteiger partial charge in [-0.25, -0.2) is 0 Å². The maximum absolute atomic E-state index is 5.29. The number of hydrogen-bond acceptors (Lipinski definition) is 1. The minimum absolute atomic E-state index is 0.832. The minimum Gasteiger partial charge on any atom is -0.255 e. The van der Waals surface area contributed by atoms with Gasteiger partial charge < -0.3 is 0 Å². The van der Waals surface area contributed by atoms with Crippen LogP contribution in [-0.4, -0.2) is 4.98 Å². The van der Waals surface area contributed by atoms with Crippen molar-refractivity contribution in [3.8, 4) is 12.3 Å². The van der Waals surface area contributed by atoms with Gasteiger partial charge in [0.2, 0.25) is 0 Å². The van der Waals surface area contributed by atoms with Crippen molar-refractivity contribution in [2.24, 2.45) is 0 Å². The predicted octanol–water partition coefficient (Wildman–Crippen LogP) is 2.49. The second-order valence-electron chi connectivity index (χ2n) is 2.88. The first-order valence-electron chi connectivity index (χ1n) is 4.20. The molecule has 62 valence electrons. The number of fused-ring (bicyclic) bond motifs is 1. The summed E-state index contributed by atoms with van der Waals surface area (Å²) in [5, 5.41) is 0. The molecule has 0 aromatic carbocycles. The Morgan fingerprint density at radius 1 is 1.31 bits per heavy atom. The molecule has 0 saturated heterocycles. The zero-order chi connectivity index (χ0) is 9.10. The lowest BCUT2D eigenvalue weighted by atomic mass is 10.1. The fraction of sp³-hybridized carbons (Fsp3) is 0.0833. The average Bonchev–Trinajstić information content (AvgIpc) is 2.41. The van der Waals surface area contributed by atoms with Gasteiger partial charge in [0.25, 0.3) is 0 Å². The fourth-order valence-corrected chi connectivity index (χ4v) is 1.30. The van der Waals surface area contributed by atoms with Crippen molar-refractivity contribution in [1.82, 2.24) is 4.98 Å².